The van der Waals surface area contributed by atoms with Crippen LogP contribution in [0.25, 0.3) is 0 Å². The van der Waals surface area contributed by atoms with E-state index in [1.54, 1.807) is 11.6 Å². The van der Waals surface area contributed by atoms with Gasteiger partial charge in [-0.1, -0.05) is 13.8 Å². The third kappa shape index (κ3) is 2.33. The number of carbonyl (C=O) groups excluding carboxylic acids is 1. The minimum absolute atomic E-state index is 0.105. The summed E-state index contributed by atoms with van der Waals surface area (Å²) in [7, 11) is 0. The molecule has 1 heterocycles. The van der Waals surface area contributed by atoms with Crippen LogP contribution in [0.15, 0.2) is 0 Å². The summed E-state index contributed by atoms with van der Waals surface area (Å²) < 4.78 is 1.61. The molecule has 84 valence electrons. The number of aromatic nitrogens is 3. The summed E-state index contributed by atoms with van der Waals surface area (Å²) in [6.45, 7) is 7.49. The van der Waals surface area contributed by atoms with Crippen LogP contribution in [-0.4, -0.2) is 20.7 Å². The van der Waals surface area contributed by atoms with Gasteiger partial charge in [-0.25, -0.2) is 15.5 Å². The van der Waals surface area contributed by atoms with E-state index in [0.717, 1.165) is 5.82 Å². The summed E-state index contributed by atoms with van der Waals surface area (Å²) in [6.07, 6.45) is 0. The number of nitrogens with one attached hydrogen (secondary N) is 1. The SMILES string of the molecule is Cc1nc(C)n(C(C(=O)NN)C(C)C)n1. The van der Waals surface area contributed by atoms with Crippen molar-refractivity contribution in [3.05, 3.63) is 11.6 Å². The molecule has 0 saturated heterocycles. The Bertz CT molecular complexity index is 357. The third-order valence-corrected chi connectivity index (χ3v) is 2.21. The summed E-state index contributed by atoms with van der Waals surface area (Å²) in [5.74, 6) is 6.37. The van der Waals surface area contributed by atoms with E-state index in [4.69, 9.17) is 5.84 Å². The van der Waals surface area contributed by atoms with Gasteiger partial charge in [0, 0.05) is 0 Å². The minimum Gasteiger partial charge on any atom is -0.292 e. The van der Waals surface area contributed by atoms with Gasteiger partial charge < -0.3 is 0 Å². The van der Waals surface area contributed by atoms with E-state index in [9.17, 15) is 4.79 Å². The highest BCUT2D eigenvalue weighted by molar-refractivity contribution is 5.79. The zero-order valence-electron chi connectivity index (χ0n) is 9.48. The van der Waals surface area contributed by atoms with E-state index in [0.29, 0.717) is 5.82 Å². The molecule has 1 amide bonds. The Kier molecular flexibility index (Phi) is 3.41. The molecule has 15 heavy (non-hydrogen) atoms. The molecule has 1 rings (SSSR count). The molecule has 0 bridgehead atoms. The second kappa shape index (κ2) is 4.39. The van der Waals surface area contributed by atoms with Crippen molar-refractivity contribution in [2.45, 2.75) is 33.7 Å². The fraction of sp³-hybridized carbons (Fsp3) is 0.667. The van der Waals surface area contributed by atoms with Crippen LogP contribution in [0.4, 0.5) is 0 Å². The Morgan fingerprint density at radius 1 is 1.47 bits per heavy atom. The van der Waals surface area contributed by atoms with Gasteiger partial charge in [0.25, 0.3) is 5.91 Å². The van der Waals surface area contributed by atoms with Gasteiger partial charge in [-0.05, 0) is 19.8 Å². The summed E-state index contributed by atoms with van der Waals surface area (Å²) >= 11 is 0. The number of aryl methyl sites for hydroxylation is 2. The first-order chi connectivity index (χ1) is 6.97. The molecule has 1 unspecified atom stereocenters. The second-order valence-corrected chi connectivity index (χ2v) is 3.85. The van der Waals surface area contributed by atoms with E-state index >= 15 is 0 Å². The van der Waals surface area contributed by atoms with Crippen molar-refractivity contribution in [3.8, 4) is 0 Å². The molecule has 1 atom stereocenters. The highest BCUT2D eigenvalue weighted by Gasteiger charge is 2.26. The molecule has 0 radical (unpaired) electrons. The number of nitrogens with zero attached hydrogens (tertiary/aromatic N) is 3. The number of amides is 1. The number of nitrogens with two attached hydrogens (primary N) is 1. The molecule has 3 N–H and O–H groups in total. The van der Waals surface area contributed by atoms with Gasteiger partial charge in [-0.15, -0.1) is 0 Å². The maximum atomic E-state index is 11.6. The van der Waals surface area contributed by atoms with Gasteiger partial charge in [0.2, 0.25) is 0 Å². The first-order valence-electron chi connectivity index (χ1n) is 4.87. The van der Waals surface area contributed by atoms with E-state index in [-0.39, 0.29) is 11.8 Å². The zero-order chi connectivity index (χ0) is 11.6. The fourth-order valence-corrected chi connectivity index (χ4v) is 1.58. The molecule has 0 spiro atoms. The lowest BCUT2D eigenvalue weighted by atomic mass is 10.0. The molecule has 1 aromatic heterocycles. The second-order valence-electron chi connectivity index (χ2n) is 3.85. The maximum Gasteiger partial charge on any atom is 0.259 e. The monoisotopic (exact) mass is 211 g/mol. The Balaban J connectivity index is 3.09. The van der Waals surface area contributed by atoms with Gasteiger partial charge in [0.15, 0.2) is 0 Å². The van der Waals surface area contributed by atoms with Gasteiger partial charge >= 0.3 is 0 Å². The van der Waals surface area contributed by atoms with Crippen molar-refractivity contribution < 1.29 is 4.79 Å². The highest BCUT2D eigenvalue weighted by Crippen LogP contribution is 2.18. The van der Waals surface area contributed by atoms with E-state index in [2.05, 4.69) is 15.5 Å². The van der Waals surface area contributed by atoms with Crippen molar-refractivity contribution in [3.63, 3.8) is 0 Å². The number of carbonyl (C=O) groups is 1. The van der Waals surface area contributed by atoms with Crippen LogP contribution >= 0.6 is 0 Å². The molecular formula is C9H17N5O. The van der Waals surface area contributed by atoms with Gasteiger partial charge in [0.05, 0.1) is 0 Å². The van der Waals surface area contributed by atoms with Crippen LogP contribution in [0, 0.1) is 19.8 Å². The Hall–Kier alpha value is -1.43. The highest BCUT2D eigenvalue weighted by atomic mass is 16.2. The van der Waals surface area contributed by atoms with Gasteiger partial charge in [0.1, 0.15) is 17.7 Å². The van der Waals surface area contributed by atoms with Crippen LogP contribution in [-0.2, 0) is 4.79 Å². The Morgan fingerprint density at radius 2 is 2.07 bits per heavy atom. The van der Waals surface area contributed by atoms with Gasteiger partial charge in [-0.3, -0.25) is 10.2 Å². The van der Waals surface area contributed by atoms with Crippen molar-refractivity contribution >= 4 is 5.91 Å². The molecular weight excluding hydrogens is 194 g/mol. The lowest BCUT2D eigenvalue weighted by molar-refractivity contribution is -0.126. The molecule has 6 nitrogen and oxygen atoms in total. The third-order valence-electron chi connectivity index (χ3n) is 2.21. The van der Waals surface area contributed by atoms with Crippen LogP contribution in [0.5, 0.6) is 0 Å². The molecule has 0 saturated carbocycles. The van der Waals surface area contributed by atoms with Crippen LogP contribution < -0.4 is 11.3 Å². The fourth-order valence-electron chi connectivity index (χ4n) is 1.58. The van der Waals surface area contributed by atoms with Gasteiger partial charge in [-0.2, -0.15) is 5.10 Å². The Morgan fingerprint density at radius 3 is 2.40 bits per heavy atom. The van der Waals surface area contributed by atoms with Crippen molar-refractivity contribution in [1.82, 2.24) is 20.2 Å². The van der Waals surface area contributed by atoms with E-state index in [1.165, 1.54) is 0 Å². The van der Waals surface area contributed by atoms with Crippen LogP contribution in [0.1, 0.15) is 31.5 Å². The average Bonchev–Trinajstić information content (AvgIpc) is 2.45. The first-order valence-corrected chi connectivity index (χ1v) is 4.87. The normalized spacial score (nSPS) is 12.9. The summed E-state index contributed by atoms with van der Waals surface area (Å²) in [6, 6.07) is -0.406. The molecule has 6 heteroatoms. The molecule has 0 aliphatic heterocycles. The average molecular weight is 211 g/mol. The molecule has 1 aromatic rings. The summed E-state index contributed by atoms with van der Waals surface area (Å²) in [5.41, 5.74) is 2.15. The topological polar surface area (TPSA) is 85.8 Å². The lowest BCUT2D eigenvalue weighted by Crippen LogP contribution is -2.40. The summed E-state index contributed by atoms with van der Waals surface area (Å²) in [5, 5.41) is 4.19. The van der Waals surface area contributed by atoms with Crippen molar-refractivity contribution in [2.24, 2.45) is 11.8 Å². The van der Waals surface area contributed by atoms with E-state index < -0.39 is 6.04 Å². The Labute approximate surface area is 88.8 Å². The molecule has 0 aromatic carbocycles. The zero-order valence-corrected chi connectivity index (χ0v) is 9.48. The van der Waals surface area contributed by atoms with Crippen molar-refractivity contribution in [2.75, 3.05) is 0 Å². The maximum absolute atomic E-state index is 11.6. The molecule has 0 aliphatic rings. The molecule has 0 fully saturated rings. The smallest absolute Gasteiger partial charge is 0.259 e. The molecule has 0 aliphatic carbocycles. The number of hydrogen-bond donors (Lipinski definition) is 2. The lowest BCUT2D eigenvalue weighted by Gasteiger charge is -2.19. The quantitative estimate of drug-likeness (QED) is 0.421. The predicted octanol–water partition coefficient (Wildman–Crippen LogP) is 0.0819. The number of hydrazine groups is 1. The standard InChI is InChI=1S/C9H17N5O/c1-5(2)8(9(15)12-10)14-7(4)11-6(3)13-14/h5,8H,10H2,1-4H3,(H,12,15). The number of rotatable bonds is 3. The minimum atomic E-state index is -0.406. The van der Waals surface area contributed by atoms with Crippen LogP contribution in [0.3, 0.4) is 0 Å². The predicted molar refractivity (Wildman–Crippen MR) is 55.7 cm³/mol. The summed E-state index contributed by atoms with van der Waals surface area (Å²) in [4.78, 5) is 15.8. The number of hydrogen-bond acceptors (Lipinski definition) is 4. The van der Waals surface area contributed by atoms with Crippen molar-refractivity contribution in [1.29, 1.82) is 0 Å². The van der Waals surface area contributed by atoms with Crippen LogP contribution in [0.2, 0.25) is 0 Å². The largest absolute Gasteiger partial charge is 0.292 e. The van der Waals surface area contributed by atoms with E-state index in [1.807, 2.05) is 20.8 Å². The first kappa shape index (κ1) is 11.6.